The topological polar surface area (TPSA) is 131 Å². The number of para-hydroxylation sites is 2. The molecule has 31 heavy (non-hydrogen) atoms. The molecule has 2 aromatic rings. The number of hydrogen-bond acceptors (Lipinski definition) is 6. The van der Waals surface area contributed by atoms with Gasteiger partial charge in [-0.05, 0) is 37.0 Å². The fourth-order valence-corrected chi connectivity index (χ4v) is 4.51. The molecule has 2 aromatic carbocycles. The Kier molecular flexibility index (Phi) is 7.08. The number of nitro benzene ring substituents is 1. The fraction of sp³-hybridized carbons (Fsp3) is 0.350. The maximum absolute atomic E-state index is 12.5. The molecule has 0 unspecified atom stereocenters. The first-order chi connectivity index (χ1) is 14.8. The Balaban J connectivity index is 1.51. The number of urea groups is 1. The van der Waals surface area contributed by atoms with Crippen LogP contribution >= 0.6 is 0 Å². The molecule has 0 aromatic heterocycles. The summed E-state index contributed by atoms with van der Waals surface area (Å²) in [6.07, 6.45) is 1.27. The van der Waals surface area contributed by atoms with Crippen molar-refractivity contribution in [2.45, 2.75) is 17.7 Å². The third-order valence-electron chi connectivity index (χ3n) is 5.15. The predicted molar refractivity (Wildman–Crippen MR) is 115 cm³/mol. The van der Waals surface area contributed by atoms with Crippen molar-refractivity contribution in [1.29, 1.82) is 0 Å². The number of nitrogens with one attached hydrogen (secondary N) is 2. The standard InChI is InChI=1S/C20H24N4O6S/c1-30-19-8-3-2-7-18(19)22-20(25)23-11-9-15(10-12-23)14-21-31(28,29)17-6-4-5-16(13-17)24(26)27/h2-8,13,15,21H,9-12,14H2,1H3,(H,22,25). The second-order valence-electron chi connectivity index (χ2n) is 7.17. The smallest absolute Gasteiger partial charge is 0.321 e. The number of likely N-dealkylation sites (tertiary alicyclic amines) is 1. The highest BCUT2D eigenvalue weighted by Crippen LogP contribution is 2.25. The Bertz CT molecular complexity index is 1050. The van der Waals surface area contributed by atoms with Crippen LogP contribution in [0.3, 0.4) is 0 Å². The summed E-state index contributed by atoms with van der Waals surface area (Å²) < 4.78 is 32.7. The van der Waals surface area contributed by atoms with E-state index in [0.717, 1.165) is 6.07 Å². The van der Waals surface area contributed by atoms with Gasteiger partial charge in [-0.2, -0.15) is 0 Å². The van der Waals surface area contributed by atoms with Crippen molar-refractivity contribution < 1.29 is 22.9 Å². The number of carbonyl (C=O) groups excluding carboxylic acids is 1. The Morgan fingerprint density at radius 2 is 1.90 bits per heavy atom. The number of carbonyl (C=O) groups is 1. The lowest BCUT2D eigenvalue weighted by molar-refractivity contribution is -0.385. The molecule has 1 saturated heterocycles. The Labute approximate surface area is 180 Å². The molecule has 2 N–H and O–H groups in total. The number of non-ortho nitro benzene ring substituents is 1. The average Bonchev–Trinajstić information content (AvgIpc) is 2.78. The fourth-order valence-electron chi connectivity index (χ4n) is 3.36. The highest BCUT2D eigenvalue weighted by Gasteiger charge is 2.25. The van der Waals surface area contributed by atoms with Crippen molar-refractivity contribution in [2.75, 3.05) is 32.1 Å². The molecule has 2 amide bonds. The molecule has 0 radical (unpaired) electrons. The zero-order chi connectivity index (χ0) is 22.4. The monoisotopic (exact) mass is 448 g/mol. The van der Waals surface area contributed by atoms with E-state index < -0.39 is 14.9 Å². The second kappa shape index (κ2) is 9.75. The summed E-state index contributed by atoms with van der Waals surface area (Å²) in [5.74, 6) is 0.630. The molecule has 1 heterocycles. The van der Waals surface area contributed by atoms with Gasteiger partial charge in [0.05, 0.1) is 22.6 Å². The molecule has 3 rings (SSSR count). The van der Waals surface area contributed by atoms with Crippen LogP contribution in [0.2, 0.25) is 0 Å². The van der Waals surface area contributed by atoms with Crippen molar-refractivity contribution >= 4 is 27.4 Å². The molecule has 1 aliphatic rings. The van der Waals surface area contributed by atoms with Crippen LogP contribution in [0, 0.1) is 16.0 Å². The number of nitrogens with zero attached hydrogens (tertiary/aromatic N) is 2. The SMILES string of the molecule is COc1ccccc1NC(=O)N1CCC(CNS(=O)(=O)c2cccc([N+](=O)[O-])c2)CC1. The zero-order valence-electron chi connectivity index (χ0n) is 17.0. The number of piperidine rings is 1. The maximum atomic E-state index is 12.5. The summed E-state index contributed by atoms with van der Waals surface area (Å²) in [4.78, 5) is 24.3. The van der Waals surface area contributed by atoms with Crippen molar-refractivity contribution in [1.82, 2.24) is 9.62 Å². The molecule has 166 valence electrons. The van der Waals surface area contributed by atoms with E-state index in [-0.39, 0.29) is 29.1 Å². The molecule has 1 fully saturated rings. The van der Waals surface area contributed by atoms with Crippen molar-refractivity contribution in [3.63, 3.8) is 0 Å². The molecular weight excluding hydrogens is 424 g/mol. The molecule has 0 saturated carbocycles. The van der Waals surface area contributed by atoms with Crippen LogP contribution in [0.4, 0.5) is 16.2 Å². The van der Waals surface area contributed by atoms with E-state index in [1.165, 1.54) is 25.3 Å². The van der Waals surface area contributed by atoms with Gasteiger partial charge in [-0.15, -0.1) is 0 Å². The van der Waals surface area contributed by atoms with Crippen molar-refractivity contribution in [2.24, 2.45) is 5.92 Å². The zero-order valence-corrected chi connectivity index (χ0v) is 17.8. The van der Waals surface area contributed by atoms with Gasteiger partial charge in [0.15, 0.2) is 0 Å². The van der Waals surface area contributed by atoms with Gasteiger partial charge in [0.1, 0.15) is 5.75 Å². The second-order valence-corrected chi connectivity index (χ2v) is 8.93. The number of methoxy groups -OCH3 is 1. The van der Waals surface area contributed by atoms with E-state index in [2.05, 4.69) is 10.0 Å². The number of rotatable bonds is 7. The van der Waals surface area contributed by atoms with E-state index in [1.54, 1.807) is 23.1 Å². The summed E-state index contributed by atoms with van der Waals surface area (Å²) in [6, 6.07) is 11.8. The largest absolute Gasteiger partial charge is 0.495 e. The Morgan fingerprint density at radius 1 is 1.19 bits per heavy atom. The van der Waals surface area contributed by atoms with E-state index >= 15 is 0 Å². The van der Waals surface area contributed by atoms with Gasteiger partial charge in [0.2, 0.25) is 10.0 Å². The summed E-state index contributed by atoms with van der Waals surface area (Å²) in [5, 5.41) is 13.7. The molecule has 0 bridgehead atoms. The number of amides is 2. The molecule has 11 heteroatoms. The molecular formula is C20H24N4O6S. The van der Waals surface area contributed by atoms with Gasteiger partial charge in [0, 0.05) is 31.8 Å². The van der Waals surface area contributed by atoms with Crippen LogP contribution in [0.5, 0.6) is 5.75 Å². The van der Waals surface area contributed by atoms with E-state index in [0.29, 0.717) is 37.4 Å². The average molecular weight is 449 g/mol. The van der Waals surface area contributed by atoms with E-state index in [1.807, 2.05) is 6.07 Å². The van der Waals surface area contributed by atoms with Gasteiger partial charge in [-0.3, -0.25) is 10.1 Å². The van der Waals surface area contributed by atoms with E-state index in [9.17, 15) is 23.3 Å². The Hall–Kier alpha value is -3.18. The van der Waals surface area contributed by atoms with E-state index in [4.69, 9.17) is 4.74 Å². The minimum atomic E-state index is -3.86. The van der Waals surface area contributed by atoms with Gasteiger partial charge in [-0.1, -0.05) is 18.2 Å². The summed E-state index contributed by atoms with van der Waals surface area (Å²) in [7, 11) is -2.32. The van der Waals surface area contributed by atoms with Crippen LogP contribution in [-0.4, -0.2) is 51.0 Å². The minimum Gasteiger partial charge on any atom is -0.495 e. The van der Waals surface area contributed by atoms with Crippen LogP contribution < -0.4 is 14.8 Å². The summed E-state index contributed by atoms with van der Waals surface area (Å²) >= 11 is 0. The van der Waals surface area contributed by atoms with Crippen molar-refractivity contribution in [3.05, 3.63) is 58.6 Å². The van der Waals surface area contributed by atoms with Crippen LogP contribution in [0.25, 0.3) is 0 Å². The number of nitro groups is 1. The van der Waals surface area contributed by atoms with Crippen LogP contribution in [0.15, 0.2) is 53.4 Å². The minimum absolute atomic E-state index is 0.0591. The van der Waals surface area contributed by atoms with Gasteiger partial charge in [-0.25, -0.2) is 17.9 Å². The highest BCUT2D eigenvalue weighted by molar-refractivity contribution is 7.89. The molecule has 0 atom stereocenters. The quantitative estimate of drug-likeness (QED) is 0.495. The molecule has 1 aliphatic heterocycles. The number of benzene rings is 2. The normalized spacial score (nSPS) is 14.8. The van der Waals surface area contributed by atoms with Crippen molar-refractivity contribution in [3.8, 4) is 5.75 Å². The first-order valence-electron chi connectivity index (χ1n) is 9.73. The Morgan fingerprint density at radius 3 is 2.58 bits per heavy atom. The summed E-state index contributed by atoms with van der Waals surface area (Å²) in [6.45, 7) is 1.18. The number of sulfonamides is 1. The lowest BCUT2D eigenvalue weighted by atomic mass is 9.97. The number of anilines is 1. The first-order valence-corrected chi connectivity index (χ1v) is 11.2. The first kappa shape index (κ1) is 22.5. The van der Waals surface area contributed by atoms with Gasteiger partial charge >= 0.3 is 6.03 Å². The lowest BCUT2D eigenvalue weighted by Crippen LogP contribution is -2.43. The number of ether oxygens (including phenoxy) is 1. The third kappa shape index (κ3) is 5.70. The molecule has 10 nitrogen and oxygen atoms in total. The predicted octanol–water partition coefficient (Wildman–Crippen LogP) is 2.83. The lowest BCUT2D eigenvalue weighted by Gasteiger charge is -2.32. The van der Waals surface area contributed by atoms with Crippen LogP contribution in [0.1, 0.15) is 12.8 Å². The highest BCUT2D eigenvalue weighted by atomic mass is 32.2. The maximum Gasteiger partial charge on any atom is 0.321 e. The summed E-state index contributed by atoms with van der Waals surface area (Å²) in [5.41, 5.74) is 0.305. The van der Waals surface area contributed by atoms with Gasteiger partial charge < -0.3 is 15.0 Å². The third-order valence-corrected chi connectivity index (χ3v) is 6.57. The molecule has 0 aliphatic carbocycles. The van der Waals surface area contributed by atoms with Crippen LogP contribution in [-0.2, 0) is 10.0 Å². The van der Waals surface area contributed by atoms with Gasteiger partial charge in [0.25, 0.3) is 5.69 Å². The molecule has 0 spiro atoms. The number of hydrogen-bond donors (Lipinski definition) is 2.